The fourth-order valence-electron chi connectivity index (χ4n) is 1.96. The van der Waals surface area contributed by atoms with Crippen molar-refractivity contribution in [2.45, 2.75) is 26.5 Å². The second kappa shape index (κ2) is 5.78. The van der Waals surface area contributed by atoms with Crippen LogP contribution in [0.4, 0.5) is 5.95 Å². The van der Waals surface area contributed by atoms with E-state index in [2.05, 4.69) is 25.3 Å². The molecule has 0 unspecified atom stereocenters. The number of benzene rings is 1. The third-order valence-corrected chi connectivity index (χ3v) is 2.89. The first-order valence-corrected chi connectivity index (χ1v) is 6.87. The summed E-state index contributed by atoms with van der Waals surface area (Å²) in [6, 6.07) is 10.2. The highest BCUT2D eigenvalue weighted by Gasteiger charge is 2.12. The minimum Gasteiger partial charge on any atom is -0.471 e. The number of hydrogen-bond acceptors (Lipinski definition) is 5. The van der Waals surface area contributed by atoms with Crippen molar-refractivity contribution in [1.82, 2.24) is 19.9 Å². The monoisotopic (exact) mass is 283 g/mol. The summed E-state index contributed by atoms with van der Waals surface area (Å²) in [5.74, 6) is 1.03. The van der Waals surface area contributed by atoms with Gasteiger partial charge >= 0.3 is 0 Å². The number of nitrogens with one attached hydrogen (secondary N) is 2. The summed E-state index contributed by atoms with van der Waals surface area (Å²) in [5.41, 5.74) is 2.39. The molecular formula is C15H17N5O. The Balaban J connectivity index is 1.87. The highest BCUT2D eigenvalue weighted by Crippen LogP contribution is 2.22. The van der Waals surface area contributed by atoms with E-state index in [0.29, 0.717) is 29.6 Å². The van der Waals surface area contributed by atoms with E-state index < -0.39 is 0 Å². The number of fused-ring (bicyclic) bond motifs is 1. The second-order valence-corrected chi connectivity index (χ2v) is 5.03. The van der Waals surface area contributed by atoms with Gasteiger partial charge in [-0.3, -0.25) is 0 Å². The lowest BCUT2D eigenvalue weighted by molar-refractivity contribution is 0.297. The summed E-state index contributed by atoms with van der Waals surface area (Å²) in [5, 5.41) is 3.17. The summed E-state index contributed by atoms with van der Waals surface area (Å²) in [4.78, 5) is 16.0. The van der Waals surface area contributed by atoms with E-state index >= 15 is 0 Å². The van der Waals surface area contributed by atoms with Crippen LogP contribution in [0.25, 0.3) is 11.2 Å². The number of aromatic amines is 1. The van der Waals surface area contributed by atoms with Gasteiger partial charge in [0.15, 0.2) is 5.65 Å². The van der Waals surface area contributed by atoms with E-state index in [1.54, 1.807) is 6.33 Å². The highest BCUT2D eigenvalue weighted by molar-refractivity contribution is 5.76. The standard InChI is InChI=1S/C15H17N5O/c1-10(2)18-15-19-13-12(16-9-17-13)14(20-15)21-8-11-6-4-3-5-7-11/h3-7,9-10H,8H2,1-2H3,(H2,16,17,18,19,20). The molecule has 0 saturated heterocycles. The lowest BCUT2D eigenvalue weighted by Crippen LogP contribution is -2.13. The predicted molar refractivity (Wildman–Crippen MR) is 81.2 cm³/mol. The molecule has 3 rings (SSSR count). The van der Waals surface area contributed by atoms with Gasteiger partial charge in [0, 0.05) is 6.04 Å². The van der Waals surface area contributed by atoms with Crippen molar-refractivity contribution in [2.75, 3.05) is 5.32 Å². The minimum absolute atomic E-state index is 0.239. The molecule has 0 amide bonds. The van der Waals surface area contributed by atoms with Crippen LogP contribution in [0.5, 0.6) is 5.88 Å². The minimum atomic E-state index is 0.239. The van der Waals surface area contributed by atoms with Gasteiger partial charge < -0.3 is 15.0 Å². The zero-order valence-electron chi connectivity index (χ0n) is 12.0. The summed E-state index contributed by atoms with van der Waals surface area (Å²) in [7, 11) is 0. The number of imidazole rings is 1. The molecule has 6 heteroatoms. The molecule has 0 spiro atoms. The van der Waals surface area contributed by atoms with E-state index in [9.17, 15) is 0 Å². The highest BCUT2D eigenvalue weighted by atomic mass is 16.5. The van der Waals surface area contributed by atoms with Gasteiger partial charge in [0.25, 0.3) is 0 Å². The van der Waals surface area contributed by atoms with Crippen LogP contribution < -0.4 is 10.1 Å². The molecule has 2 N–H and O–H groups in total. The van der Waals surface area contributed by atoms with Crippen LogP contribution in [0.3, 0.4) is 0 Å². The van der Waals surface area contributed by atoms with Gasteiger partial charge in [0.05, 0.1) is 6.33 Å². The summed E-state index contributed by atoms with van der Waals surface area (Å²) < 4.78 is 5.82. The van der Waals surface area contributed by atoms with Gasteiger partial charge in [-0.1, -0.05) is 30.3 Å². The fourth-order valence-corrected chi connectivity index (χ4v) is 1.96. The molecule has 2 aromatic heterocycles. The molecule has 6 nitrogen and oxygen atoms in total. The van der Waals surface area contributed by atoms with Gasteiger partial charge in [-0.2, -0.15) is 9.97 Å². The Bertz CT molecular complexity index is 723. The molecule has 21 heavy (non-hydrogen) atoms. The molecule has 0 aliphatic carbocycles. The number of ether oxygens (including phenoxy) is 1. The SMILES string of the molecule is CC(C)Nc1nc(OCc2ccccc2)c2[nH]cnc2n1. The van der Waals surface area contributed by atoms with Crippen molar-refractivity contribution in [3.8, 4) is 5.88 Å². The zero-order chi connectivity index (χ0) is 14.7. The number of anilines is 1. The van der Waals surface area contributed by atoms with E-state index in [1.807, 2.05) is 44.2 Å². The maximum absolute atomic E-state index is 5.82. The van der Waals surface area contributed by atoms with Crippen molar-refractivity contribution in [2.24, 2.45) is 0 Å². The van der Waals surface area contributed by atoms with Crippen LogP contribution in [0.15, 0.2) is 36.7 Å². The molecule has 108 valence electrons. The molecule has 3 aromatic rings. The number of rotatable bonds is 5. The molecule has 0 atom stereocenters. The third kappa shape index (κ3) is 3.10. The van der Waals surface area contributed by atoms with Crippen molar-refractivity contribution in [3.63, 3.8) is 0 Å². The molecule has 1 aromatic carbocycles. The number of nitrogens with zero attached hydrogens (tertiary/aromatic N) is 3. The number of aromatic nitrogens is 4. The maximum Gasteiger partial charge on any atom is 0.245 e. The maximum atomic E-state index is 5.82. The molecule has 0 aliphatic rings. The van der Waals surface area contributed by atoms with Crippen LogP contribution in [-0.2, 0) is 6.61 Å². The van der Waals surface area contributed by atoms with E-state index in [1.165, 1.54) is 0 Å². The quantitative estimate of drug-likeness (QED) is 0.753. The average Bonchev–Trinajstić information content (AvgIpc) is 2.93. The number of hydrogen-bond donors (Lipinski definition) is 2. The van der Waals surface area contributed by atoms with Gasteiger partial charge in [0.1, 0.15) is 12.1 Å². The Labute approximate surface area is 122 Å². The van der Waals surface area contributed by atoms with Gasteiger partial charge in [-0.25, -0.2) is 4.98 Å². The van der Waals surface area contributed by atoms with Crippen molar-refractivity contribution in [1.29, 1.82) is 0 Å². The first kappa shape index (κ1) is 13.4. The van der Waals surface area contributed by atoms with Crippen molar-refractivity contribution in [3.05, 3.63) is 42.2 Å². The smallest absolute Gasteiger partial charge is 0.245 e. The largest absolute Gasteiger partial charge is 0.471 e. The van der Waals surface area contributed by atoms with Crippen LogP contribution in [0.1, 0.15) is 19.4 Å². The molecule has 0 fully saturated rings. The first-order valence-electron chi connectivity index (χ1n) is 6.87. The predicted octanol–water partition coefficient (Wildman–Crippen LogP) is 2.75. The molecular weight excluding hydrogens is 266 g/mol. The first-order chi connectivity index (χ1) is 10.2. The molecule has 0 aliphatic heterocycles. The topological polar surface area (TPSA) is 75.7 Å². The van der Waals surface area contributed by atoms with E-state index in [-0.39, 0.29) is 6.04 Å². The Morgan fingerprint density at radius 3 is 2.76 bits per heavy atom. The molecule has 2 heterocycles. The van der Waals surface area contributed by atoms with Crippen LogP contribution in [0.2, 0.25) is 0 Å². The van der Waals surface area contributed by atoms with Crippen molar-refractivity contribution >= 4 is 17.1 Å². The van der Waals surface area contributed by atoms with Gasteiger partial charge in [0.2, 0.25) is 11.8 Å². The van der Waals surface area contributed by atoms with Crippen molar-refractivity contribution < 1.29 is 4.74 Å². The average molecular weight is 283 g/mol. The lowest BCUT2D eigenvalue weighted by Gasteiger charge is -2.10. The van der Waals surface area contributed by atoms with Gasteiger partial charge in [-0.15, -0.1) is 0 Å². The Morgan fingerprint density at radius 2 is 2.00 bits per heavy atom. The van der Waals surface area contributed by atoms with E-state index in [4.69, 9.17) is 4.74 Å². The van der Waals surface area contributed by atoms with Crippen LogP contribution >= 0.6 is 0 Å². The molecule has 0 saturated carbocycles. The zero-order valence-corrected chi connectivity index (χ0v) is 12.0. The summed E-state index contributed by atoms with van der Waals surface area (Å²) in [6.07, 6.45) is 1.59. The van der Waals surface area contributed by atoms with Gasteiger partial charge in [-0.05, 0) is 19.4 Å². The fraction of sp³-hybridized carbons (Fsp3) is 0.267. The number of H-pyrrole nitrogens is 1. The normalized spacial score (nSPS) is 11.0. The Kier molecular flexibility index (Phi) is 3.68. The van der Waals surface area contributed by atoms with Crippen LogP contribution in [-0.4, -0.2) is 26.0 Å². The molecule has 0 radical (unpaired) electrons. The third-order valence-electron chi connectivity index (χ3n) is 2.89. The second-order valence-electron chi connectivity index (χ2n) is 5.03. The Hall–Kier alpha value is -2.63. The summed E-state index contributed by atoms with van der Waals surface area (Å²) in [6.45, 7) is 4.51. The summed E-state index contributed by atoms with van der Waals surface area (Å²) >= 11 is 0. The molecule has 0 bridgehead atoms. The van der Waals surface area contributed by atoms with E-state index in [0.717, 1.165) is 5.56 Å². The van der Waals surface area contributed by atoms with Crippen LogP contribution in [0, 0.1) is 0 Å². The lowest BCUT2D eigenvalue weighted by atomic mass is 10.2. The Morgan fingerprint density at radius 1 is 1.19 bits per heavy atom.